The number of rotatable bonds is 4. The van der Waals surface area contributed by atoms with Crippen LogP contribution in [0.2, 0.25) is 0 Å². The Morgan fingerprint density at radius 2 is 2.00 bits per heavy atom. The van der Waals surface area contributed by atoms with Gasteiger partial charge in [0.1, 0.15) is 12.2 Å². The summed E-state index contributed by atoms with van der Waals surface area (Å²) in [4.78, 5) is 0. The molecule has 0 spiro atoms. The van der Waals surface area contributed by atoms with Crippen molar-refractivity contribution in [1.82, 2.24) is 0 Å². The largest absolute Gasteiger partial charge is 0.493 e. The van der Waals surface area contributed by atoms with Crippen molar-refractivity contribution in [3.63, 3.8) is 0 Å². The molecule has 1 aromatic carbocycles. The first-order valence-electron chi connectivity index (χ1n) is 4.78. The summed E-state index contributed by atoms with van der Waals surface area (Å²) in [5.41, 5.74) is 0.787. The molecule has 2 rings (SSSR count). The molecule has 0 amide bonds. The van der Waals surface area contributed by atoms with E-state index in [1.807, 2.05) is 6.07 Å². The van der Waals surface area contributed by atoms with E-state index in [2.05, 4.69) is 0 Å². The molecule has 0 aliphatic carbocycles. The summed E-state index contributed by atoms with van der Waals surface area (Å²) in [6.07, 6.45) is -0.645. The van der Waals surface area contributed by atoms with Crippen LogP contribution in [0.25, 0.3) is 0 Å². The van der Waals surface area contributed by atoms with Gasteiger partial charge in [-0.05, 0) is 17.7 Å². The third-order valence-electron chi connectivity index (χ3n) is 2.46. The van der Waals surface area contributed by atoms with Crippen molar-refractivity contribution < 1.29 is 19.3 Å². The first kappa shape index (κ1) is 10.3. The molecule has 0 aromatic heterocycles. The van der Waals surface area contributed by atoms with Crippen LogP contribution in [-0.2, 0) is 4.74 Å². The van der Waals surface area contributed by atoms with Crippen LogP contribution in [0.1, 0.15) is 11.7 Å². The van der Waals surface area contributed by atoms with Gasteiger partial charge in [-0.25, -0.2) is 0 Å². The van der Waals surface area contributed by atoms with Gasteiger partial charge in [-0.1, -0.05) is 6.07 Å². The second kappa shape index (κ2) is 4.08. The lowest BCUT2D eigenvalue weighted by Crippen LogP contribution is -2.05. The fourth-order valence-electron chi connectivity index (χ4n) is 1.49. The van der Waals surface area contributed by atoms with Gasteiger partial charge in [0.05, 0.1) is 20.8 Å². The lowest BCUT2D eigenvalue weighted by atomic mass is 10.1. The lowest BCUT2D eigenvalue weighted by Gasteiger charge is -2.12. The van der Waals surface area contributed by atoms with E-state index in [0.29, 0.717) is 18.1 Å². The maximum absolute atomic E-state index is 9.82. The molecule has 1 aromatic rings. The topological polar surface area (TPSA) is 51.2 Å². The second-order valence-electron chi connectivity index (χ2n) is 3.43. The number of hydrogen-bond acceptors (Lipinski definition) is 4. The number of methoxy groups -OCH3 is 2. The Morgan fingerprint density at radius 1 is 1.33 bits per heavy atom. The maximum Gasteiger partial charge on any atom is 0.161 e. The molecule has 0 saturated carbocycles. The van der Waals surface area contributed by atoms with E-state index in [9.17, 15) is 5.11 Å². The van der Waals surface area contributed by atoms with Crippen molar-refractivity contribution in [2.45, 2.75) is 12.2 Å². The minimum atomic E-state index is -0.579. The number of ether oxygens (including phenoxy) is 3. The average Bonchev–Trinajstić information content (AvgIpc) is 3.11. The molecule has 1 saturated heterocycles. The van der Waals surface area contributed by atoms with Crippen LogP contribution in [0.3, 0.4) is 0 Å². The second-order valence-corrected chi connectivity index (χ2v) is 3.43. The van der Waals surface area contributed by atoms with Gasteiger partial charge in [0, 0.05) is 0 Å². The van der Waals surface area contributed by atoms with Crippen molar-refractivity contribution in [3.8, 4) is 11.5 Å². The molecule has 4 nitrogen and oxygen atoms in total. The van der Waals surface area contributed by atoms with E-state index in [0.717, 1.165) is 5.56 Å². The van der Waals surface area contributed by atoms with Crippen molar-refractivity contribution in [2.24, 2.45) is 0 Å². The highest BCUT2D eigenvalue weighted by molar-refractivity contribution is 5.43. The number of aliphatic hydroxyl groups is 1. The Hall–Kier alpha value is -1.26. The van der Waals surface area contributed by atoms with Crippen molar-refractivity contribution >= 4 is 0 Å². The van der Waals surface area contributed by atoms with Gasteiger partial charge >= 0.3 is 0 Å². The molecule has 15 heavy (non-hydrogen) atoms. The molecule has 0 radical (unpaired) electrons. The lowest BCUT2D eigenvalue weighted by molar-refractivity contribution is 0.136. The predicted molar refractivity (Wildman–Crippen MR) is 54.2 cm³/mol. The Bertz CT molecular complexity index is 346. The van der Waals surface area contributed by atoms with Crippen LogP contribution in [0.5, 0.6) is 11.5 Å². The number of benzene rings is 1. The van der Waals surface area contributed by atoms with Crippen LogP contribution in [-0.4, -0.2) is 32.0 Å². The van der Waals surface area contributed by atoms with Gasteiger partial charge in [0.2, 0.25) is 0 Å². The first-order valence-corrected chi connectivity index (χ1v) is 4.78. The minimum absolute atomic E-state index is 0.0666. The number of aliphatic hydroxyl groups excluding tert-OH is 1. The van der Waals surface area contributed by atoms with Gasteiger partial charge in [-0.15, -0.1) is 0 Å². The summed E-state index contributed by atoms with van der Waals surface area (Å²) >= 11 is 0. The Kier molecular flexibility index (Phi) is 2.79. The van der Waals surface area contributed by atoms with E-state index < -0.39 is 6.10 Å². The van der Waals surface area contributed by atoms with Crippen molar-refractivity contribution in [1.29, 1.82) is 0 Å². The third-order valence-corrected chi connectivity index (χ3v) is 2.46. The van der Waals surface area contributed by atoms with Crippen LogP contribution >= 0.6 is 0 Å². The van der Waals surface area contributed by atoms with Gasteiger partial charge in [0.25, 0.3) is 0 Å². The van der Waals surface area contributed by atoms with Crippen LogP contribution in [0.15, 0.2) is 18.2 Å². The van der Waals surface area contributed by atoms with Crippen LogP contribution in [0, 0.1) is 0 Å². The third kappa shape index (κ3) is 2.06. The zero-order valence-corrected chi connectivity index (χ0v) is 8.77. The average molecular weight is 210 g/mol. The van der Waals surface area contributed by atoms with E-state index in [1.54, 1.807) is 26.4 Å². The maximum atomic E-state index is 9.82. The number of epoxide rings is 1. The molecule has 82 valence electrons. The van der Waals surface area contributed by atoms with Crippen molar-refractivity contribution in [3.05, 3.63) is 23.8 Å². The highest BCUT2D eigenvalue weighted by atomic mass is 16.6. The predicted octanol–water partition coefficient (Wildman–Crippen LogP) is 1.14. The van der Waals surface area contributed by atoms with Crippen molar-refractivity contribution in [2.75, 3.05) is 20.8 Å². The summed E-state index contributed by atoms with van der Waals surface area (Å²) in [6, 6.07) is 5.36. The fourth-order valence-corrected chi connectivity index (χ4v) is 1.49. The summed E-state index contributed by atoms with van der Waals surface area (Å²) in [6.45, 7) is 0.621. The Labute approximate surface area is 88.4 Å². The Morgan fingerprint density at radius 3 is 2.53 bits per heavy atom. The zero-order chi connectivity index (χ0) is 10.8. The SMILES string of the molecule is COc1ccc([C@@H](O)C2CO2)cc1OC. The molecular weight excluding hydrogens is 196 g/mol. The molecule has 0 bridgehead atoms. The highest BCUT2D eigenvalue weighted by Gasteiger charge is 2.32. The quantitative estimate of drug-likeness (QED) is 0.757. The van der Waals surface area contributed by atoms with Gasteiger partial charge in [0.15, 0.2) is 11.5 Å². The summed E-state index contributed by atoms with van der Waals surface area (Å²) < 4.78 is 15.3. The van der Waals surface area contributed by atoms with Gasteiger partial charge < -0.3 is 19.3 Å². The smallest absolute Gasteiger partial charge is 0.161 e. The molecule has 1 unspecified atom stereocenters. The molecule has 2 atom stereocenters. The molecule has 1 N–H and O–H groups in total. The molecule has 4 heteroatoms. The van der Waals surface area contributed by atoms with E-state index in [4.69, 9.17) is 14.2 Å². The highest BCUT2D eigenvalue weighted by Crippen LogP contribution is 2.33. The van der Waals surface area contributed by atoms with E-state index in [1.165, 1.54) is 0 Å². The van der Waals surface area contributed by atoms with E-state index in [-0.39, 0.29) is 6.10 Å². The summed E-state index contributed by atoms with van der Waals surface area (Å²) in [5.74, 6) is 1.28. The van der Waals surface area contributed by atoms with Gasteiger partial charge in [-0.3, -0.25) is 0 Å². The molecule has 1 aliphatic heterocycles. The first-order chi connectivity index (χ1) is 7.26. The summed E-state index contributed by atoms with van der Waals surface area (Å²) in [5, 5.41) is 9.82. The minimum Gasteiger partial charge on any atom is -0.493 e. The number of hydrogen-bond donors (Lipinski definition) is 1. The zero-order valence-electron chi connectivity index (χ0n) is 8.77. The van der Waals surface area contributed by atoms with Crippen LogP contribution in [0.4, 0.5) is 0 Å². The monoisotopic (exact) mass is 210 g/mol. The molecule has 1 aliphatic rings. The molecule has 1 heterocycles. The fraction of sp³-hybridized carbons (Fsp3) is 0.455. The molecule has 1 fully saturated rings. The van der Waals surface area contributed by atoms with Gasteiger partial charge in [-0.2, -0.15) is 0 Å². The standard InChI is InChI=1S/C11H14O4/c1-13-8-4-3-7(5-9(8)14-2)11(12)10-6-15-10/h3-5,10-12H,6H2,1-2H3/t10?,11-/m1/s1. The molecular formula is C11H14O4. The van der Waals surface area contributed by atoms with Crippen LogP contribution < -0.4 is 9.47 Å². The van der Waals surface area contributed by atoms with E-state index >= 15 is 0 Å². The summed E-state index contributed by atoms with van der Waals surface area (Å²) in [7, 11) is 3.15. The normalized spacial score (nSPS) is 20.9. The Balaban J connectivity index is 2.25.